The van der Waals surface area contributed by atoms with Gasteiger partial charge in [0.2, 0.25) is 5.16 Å². The minimum atomic E-state index is 0.109. The summed E-state index contributed by atoms with van der Waals surface area (Å²) < 4.78 is 0. The first-order chi connectivity index (χ1) is 12.3. The van der Waals surface area contributed by atoms with Gasteiger partial charge in [-0.15, -0.1) is 5.10 Å². The van der Waals surface area contributed by atoms with Gasteiger partial charge in [-0.3, -0.25) is 9.89 Å². The molecule has 1 aromatic heterocycles. The van der Waals surface area contributed by atoms with E-state index in [1.54, 1.807) is 0 Å². The molecule has 0 unspecified atom stereocenters. The summed E-state index contributed by atoms with van der Waals surface area (Å²) in [7, 11) is 0. The zero-order valence-electron chi connectivity index (χ0n) is 14.1. The van der Waals surface area contributed by atoms with Crippen LogP contribution in [0.3, 0.4) is 0 Å². The summed E-state index contributed by atoms with van der Waals surface area (Å²) in [5.41, 5.74) is 0.743. The second-order valence-corrected chi connectivity index (χ2v) is 7.64. The number of aromatic nitrogens is 3. The SMILES string of the molecule is O=C(CSc1n[nH]c(CC2CCCC2)n1)c1ccc2ccccc2c1. The van der Waals surface area contributed by atoms with Crippen LogP contribution in [0.2, 0.25) is 0 Å². The number of carbonyl (C=O) groups excluding carboxylic acids is 1. The summed E-state index contributed by atoms with van der Waals surface area (Å²) in [6.45, 7) is 0. The van der Waals surface area contributed by atoms with E-state index in [4.69, 9.17) is 0 Å². The zero-order valence-corrected chi connectivity index (χ0v) is 14.9. The molecule has 25 heavy (non-hydrogen) atoms. The van der Waals surface area contributed by atoms with Crippen molar-refractivity contribution in [1.82, 2.24) is 15.2 Å². The van der Waals surface area contributed by atoms with Crippen molar-refractivity contribution in [3.8, 4) is 0 Å². The van der Waals surface area contributed by atoms with Gasteiger partial charge in [-0.1, -0.05) is 73.8 Å². The zero-order chi connectivity index (χ0) is 17.1. The van der Waals surface area contributed by atoms with E-state index in [1.807, 2.05) is 36.4 Å². The first-order valence-corrected chi connectivity index (χ1v) is 9.82. The molecule has 0 bridgehead atoms. The van der Waals surface area contributed by atoms with Crippen LogP contribution < -0.4 is 0 Å². The van der Waals surface area contributed by atoms with Crippen molar-refractivity contribution in [2.75, 3.05) is 5.75 Å². The van der Waals surface area contributed by atoms with E-state index in [-0.39, 0.29) is 5.78 Å². The van der Waals surface area contributed by atoms with E-state index in [9.17, 15) is 4.79 Å². The molecular weight excluding hydrogens is 330 g/mol. The average Bonchev–Trinajstić information content (AvgIpc) is 3.32. The fraction of sp³-hybridized carbons (Fsp3) is 0.350. The number of aromatic amines is 1. The van der Waals surface area contributed by atoms with Crippen molar-refractivity contribution < 1.29 is 4.79 Å². The van der Waals surface area contributed by atoms with Crippen LogP contribution in [0.1, 0.15) is 41.9 Å². The molecule has 128 valence electrons. The van der Waals surface area contributed by atoms with Crippen molar-refractivity contribution in [3.05, 3.63) is 53.9 Å². The molecule has 1 aliphatic carbocycles. The molecule has 4 rings (SSSR count). The molecule has 0 aliphatic heterocycles. The van der Waals surface area contributed by atoms with Crippen LogP contribution in [-0.2, 0) is 6.42 Å². The van der Waals surface area contributed by atoms with Gasteiger partial charge in [0.1, 0.15) is 5.82 Å². The maximum absolute atomic E-state index is 12.5. The maximum atomic E-state index is 12.5. The molecule has 1 fully saturated rings. The summed E-state index contributed by atoms with van der Waals surface area (Å²) in [4.78, 5) is 17.0. The molecule has 0 spiro atoms. The highest BCUT2D eigenvalue weighted by Gasteiger charge is 2.17. The van der Waals surface area contributed by atoms with Gasteiger partial charge in [0.15, 0.2) is 5.78 Å². The molecule has 1 saturated carbocycles. The second kappa shape index (κ2) is 7.40. The number of ketones is 1. The Bertz CT molecular complexity index is 883. The van der Waals surface area contributed by atoms with E-state index in [1.165, 1.54) is 37.4 Å². The molecule has 3 aromatic rings. The number of nitrogens with one attached hydrogen (secondary N) is 1. The van der Waals surface area contributed by atoms with Crippen LogP contribution in [0.5, 0.6) is 0 Å². The molecule has 1 aliphatic rings. The third-order valence-electron chi connectivity index (χ3n) is 4.87. The van der Waals surface area contributed by atoms with Gasteiger partial charge in [-0.25, -0.2) is 4.98 Å². The molecule has 1 N–H and O–H groups in total. The highest BCUT2D eigenvalue weighted by molar-refractivity contribution is 7.99. The second-order valence-electron chi connectivity index (χ2n) is 6.69. The van der Waals surface area contributed by atoms with Crippen LogP contribution >= 0.6 is 11.8 Å². The van der Waals surface area contributed by atoms with Crippen molar-refractivity contribution in [1.29, 1.82) is 0 Å². The number of hydrogen-bond donors (Lipinski definition) is 1. The van der Waals surface area contributed by atoms with Crippen LogP contribution in [0.15, 0.2) is 47.6 Å². The lowest BCUT2D eigenvalue weighted by molar-refractivity contribution is 0.102. The predicted molar refractivity (Wildman–Crippen MR) is 101 cm³/mol. The fourth-order valence-electron chi connectivity index (χ4n) is 3.50. The van der Waals surface area contributed by atoms with Gasteiger partial charge >= 0.3 is 0 Å². The van der Waals surface area contributed by atoms with E-state index in [2.05, 4.69) is 21.2 Å². The average molecular weight is 351 g/mol. The third kappa shape index (κ3) is 3.93. The van der Waals surface area contributed by atoms with Crippen LogP contribution in [-0.4, -0.2) is 26.7 Å². The van der Waals surface area contributed by atoms with Crippen molar-refractivity contribution in [3.63, 3.8) is 0 Å². The highest BCUT2D eigenvalue weighted by Crippen LogP contribution is 2.27. The number of fused-ring (bicyclic) bond motifs is 1. The van der Waals surface area contributed by atoms with Crippen LogP contribution in [0.25, 0.3) is 10.8 Å². The normalized spacial score (nSPS) is 15.0. The number of rotatable bonds is 6. The standard InChI is InChI=1S/C20H21N3OS/c24-18(17-10-9-15-7-3-4-8-16(15)12-17)13-25-20-21-19(22-23-20)11-14-5-1-2-6-14/h3-4,7-10,12,14H,1-2,5-6,11,13H2,(H,21,22,23). The minimum Gasteiger partial charge on any atom is -0.293 e. The van der Waals surface area contributed by atoms with Crippen LogP contribution in [0, 0.1) is 5.92 Å². The predicted octanol–water partition coefficient (Wildman–Crippen LogP) is 4.67. The Balaban J connectivity index is 1.36. The van der Waals surface area contributed by atoms with Gasteiger partial charge in [0.25, 0.3) is 0 Å². The monoisotopic (exact) mass is 351 g/mol. The first-order valence-electron chi connectivity index (χ1n) is 8.84. The molecule has 1 heterocycles. The Morgan fingerprint density at radius 1 is 1.12 bits per heavy atom. The summed E-state index contributed by atoms with van der Waals surface area (Å²) >= 11 is 1.40. The summed E-state index contributed by atoms with van der Waals surface area (Å²) in [6, 6.07) is 13.9. The number of H-pyrrole nitrogens is 1. The molecule has 0 atom stereocenters. The molecular formula is C20H21N3OS. The van der Waals surface area contributed by atoms with Gasteiger partial charge in [0.05, 0.1) is 5.75 Å². The van der Waals surface area contributed by atoms with Crippen molar-refractivity contribution >= 4 is 28.3 Å². The number of carbonyl (C=O) groups is 1. The van der Waals surface area contributed by atoms with Crippen LogP contribution in [0.4, 0.5) is 0 Å². The molecule has 0 radical (unpaired) electrons. The van der Waals surface area contributed by atoms with Crippen molar-refractivity contribution in [2.45, 2.75) is 37.3 Å². The van der Waals surface area contributed by atoms with Gasteiger partial charge < -0.3 is 0 Å². The Kier molecular flexibility index (Phi) is 4.83. The topological polar surface area (TPSA) is 58.6 Å². The lowest BCUT2D eigenvalue weighted by Crippen LogP contribution is -2.02. The molecule has 0 saturated heterocycles. The highest BCUT2D eigenvalue weighted by atomic mass is 32.2. The smallest absolute Gasteiger partial charge is 0.208 e. The Morgan fingerprint density at radius 3 is 2.76 bits per heavy atom. The lowest BCUT2D eigenvalue weighted by Gasteiger charge is -2.04. The maximum Gasteiger partial charge on any atom is 0.208 e. The van der Waals surface area contributed by atoms with Gasteiger partial charge in [-0.2, -0.15) is 0 Å². The van der Waals surface area contributed by atoms with E-state index in [0.717, 1.165) is 34.5 Å². The summed E-state index contributed by atoms with van der Waals surface area (Å²) in [5.74, 6) is 2.16. The Morgan fingerprint density at radius 2 is 1.92 bits per heavy atom. The number of nitrogens with zero attached hydrogens (tertiary/aromatic N) is 2. The van der Waals surface area contributed by atoms with Crippen molar-refractivity contribution in [2.24, 2.45) is 5.92 Å². The number of Topliss-reactive ketones (excluding diaryl/α,β-unsaturated/α-hetero) is 1. The molecule has 2 aromatic carbocycles. The van der Waals surface area contributed by atoms with E-state index >= 15 is 0 Å². The van der Waals surface area contributed by atoms with E-state index in [0.29, 0.717) is 10.9 Å². The summed E-state index contributed by atoms with van der Waals surface area (Å²) in [5, 5.41) is 10.2. The Hall–Kier alpha value is -2.14. The summed E-state index contributed by atoms with van der Waals surface area (Å²) in [6.07, 6.45) is 6.24. The number of benzene rings is 2. The van der Waals surface area contributed by atoms with Gasteiger partial charge in [-0.05, 0) is 22.8 Å². The molecule has 0 amide bonds. The molecule has 5 heteroatoms. The number of thioether (sulfide) groups is 1. The van der Waals surface area contributed by atoms with E-state index < -0.39 is 0 Å². The first kappa shape index (κ1) is 16.3. The third-order valence-corrected chi connectivity index (χ3v) is 5.72. The van der Waals surface area contributed by atoms with Gasteiger partial charge in [0, 0.05) is 12.0 Å². The fourth-order valence-corrected chi connectivity index (χ4v) is 4.21. The largest absolute Gasteiger partial charge is 0.293 e. The number of hydrogen-bond acceptors (Lipinski definition) is 4. The lowest BCUT2D eigenvalue weighted by atomic mass is 10.0. The minimum absolute atomic E-state index is 0.109. The molecule has 4 nitrogen and oxygen atoms in total. The quantitative estimate of drug-likeness (QED) is 0.518. The Labute approximate surface area is 151 Å².